The number of rotatable bonds is 8. The third kappa shape index (κ3) is 4.74. The highest BCUT2D eigenvalue weighted by molar-refractivity contribution is 6.01. The van der Waals surface area contributed by atoms with Crippen LogP contribution in [0.25, 0.3) is 10.9 Å². The monoisotopic (exact) mass is 407 g/mol. The molecule has 0 fully saturated rings. The highest BCUT2D eigenvalue weighted by Crippen LogP contribution is 2.34. The van der Waals surface area contributed by atoms with Crippen molar-refractivity contribution in [3.63, 3.8) is 0 Å². The van der Waals surface area contributed by atoms with Gasteiger partial charge in [-0.2, -0.15) is 0 Å². The van der Waals surface area contributed by atoms with Gasteiger partial charge in [-0.05, 0) is 24.1 Å². The van der Waals surface area contributed by atoms with E-state index < -0.39 is 29.3 Å². The Bertz CT molecular complexity index is 903. The highest BCUT2D eigenvalue weighted by atomic mass is 19.1. The molecule has 0 atom stereocenters. The summed E-state index contributed by atoms with van der Waals surface area (Å²) in [7, 11) is 3.48. The van der Waals surface area contributed by atoms with Crippen LogP contribution in [-0.4, -0.2) is 51.0 Å². The summed E-state index contributed by atoms with van der Waals surface area (Å²) in [5.41, 5.74) is -0.790. The Balaban J connectivity index is 2.37. The van der Waals surface area contributed by atoms with E-state index in [0.717, 1.165) is 14.2 Å². The number of benzene rings is 1. The predicted octanol–water partition coefficient (Wildman–Crippen LogP) is 2.91. The summed E-state index contributed by atoms with van der Waals surface area (Å²) < 4.78 is 33.1. The first-order valence-electron chi connectivity index (χ1n) is 8.66. The van der Waals surface area contributed by atoms with Crippen LogP contribution in [0, 0.1) is 11.2 Å². The fourth-order valence-electron chi connectivity index (χ4n) is 3.06. The van der Waals surface area contributed by atoms with Crippen LogP contribution >= 0.6 is 0 Å². The van der Waals surface area contributed by atoms with Gasteiger partial charge < -0.3 is 23.9 Å². The molecule has 0 saturated carbocycles. The summed E-state index contributed by atoms with van der Waals surface area (Å²) in [6.07, 6.45) is 3.34. The van der Waals surface area contributed by atoms with Gasteiger partial charge in [0.2, 0.25) is 0 Å². The zero-order valence-corrected chi connectivity index (χ0v) is 16.3. The third-order valence-electron chi connectivity index (χ3n) is 4.48. The van der Waals surface area contributed by atoms with Crippen molar-refractivity contribution in [2.24, 2.45) is 5.41 Å². The number of methoxy groups -OCH3 is 3. The van der Waals surface area contributed by atoms with Gasteiger partial charge in [0.25, 0.3) is 0 Å². The molecule has 0 aliphatic carbocycles. The summed E-state index contributed by atoms with van der Waals surface area (Å²) >= 11 is 0. The normalized spacial score (nSPS) is 11.4. The van der Waals surface area contributed by atoms with Crippen LogP contribution in [0.2, 0.25) is 0 Å². The van der Waals surface area contributed by atoms with Crippen LogP contribution in [0.15, 0.2) is 36.5 Å². The number of H-pyrrole nitrogens is 1. The Kier molecular flexibility index (Phi) is 7.35. The minimum Gasteiger partial charge on any atom is -0.468 e. The molecule has 0 saturated heterocycles. The SMILES string of the molecule is COC(=O)OC/C=C/CC(Cc1c[nH]c2cccc(F)c12)(C(=O)OC)C(=O)OC. The van der Waals surface area contributed by atoms with Crippen molar-refractivity contribution in [1.82, 2.24) is 4.98 Å². The molecule has 29 heavy (non-hydrogen) atoms. The van der Waals surface area contributed by atoms with E-state index in [4.69, 9.17) is 14.2 Å². The minimum atomic E-state index is -1.75. The number of carbonyl (C=O) groups is 3. The van der Waals surface area contributed by atoms with Crippen molar-refractivity contribution in [3.8, 4) is 0 Å². The Morgan fingerprint density at radius 3 is 2.38 bits per heavy atom. The Morgan fingerprint density at radius 2 is 1.76 bits per heavy atom. The summed E-state index contributed by atoms with van der Waals surface area (Å²) in [6.45, 7) is -0.118. The van der Waals surface area contributed by atoms with Gasteiger partial charge in [0.1, 0.15) is 12.4 Å². The number of aromatic nitrogens is 1. The lowest BCUT2D eigenvalue weighted by Gasteiger charge is -2.27. The zero-order chi connectivity index (χ0) is 21.4. The lowest BCUT2D eigenvalue weighted by atomic mass is 9.78. The molecular weight excluding hydrogens is 385 g/mol. The fraction of sp³-hybridized carbons (Fsp3) is 0.350. The maximum atomic E-state index is 14.4. The average Bonchev–Trinajstić information content (AvgIpc) is 3.14. The number of aromatic amines is 1. The lowest BCUT2D eigenvalue weighted by molar-refractivity contribution is -0.168. The van der Waals surface area contributed by atoms with Gasteiger partial charge in [-0.25, -0.2) is 9.18 Å². The second kappa shape index (κ2) is 9.72. The predicted molar refractivity (Wildman–Crippen MR) is 101 cm³/mol. The quantitative estimate of drug-likeness (QED) is 0.311. The molecule has 1 N–H and O–H groups in total. The Labute approximate surface area is 166 Å². The summed E-state index contributed by atoms with van der Waals surface area (Å²) in [5, 5.41) is 0.280. The third-order valence-corrected chi connectivity index (χ3v) is 4.48. The molecular formula is C20H22FNO7. The van der Waals surface area contributed by atoms with Gasteiger partial charge in [0, 0.05) is 23.5 Å². The van der Waals surface area contributed by atoms with Crippen LogP contribution in [0.3, 0.4) is 0 Å². The fourth-order valence-corrected chi connectivity index (χ4v) is 3.06. The van der Waals surface area contributed by atoms with E-state index in [1.807, 2.05) is 0 Å². The van der Waals surface area contributed by atoms with E-state index in [-0.39, 0.29) is 24.8 Å². The smallest absolute Gasteiger partial charge is 0.468 e. The molecule has 156 valence electrons. The Hall–Kier alpha value is -3.36. The molecule has 1 aromatic carbocycles. The molecule has 0 aliphatic heterocycles. The highest BCUT2D eigenvalue weighted by Gasteiger charge is 2.48. The van der Waals surface area contributed by atoms with Crippen molar-refractivity contribution in [2.45, 2.75) is 12.8 Å². The standard InChI is InChI=1S/C20H22FNO7/c1-26-17(23)20(18(24)27-2,9-4-5-10-29-19(25)28-3)11-13-12-22-15-8-6-7-14(21)16(13)15/h4-8,12,22H,9-11H2,1-3H3/b5-4+. The molecule has 2 aromatic rings. The number of carbonyl (C=O) groups excluding carboxylic acids is 3. The van der Waals surface area contributed by atoms with Crippen molar-refractivity contribution in [3.05, 3.63) is 47.9 Å². The molecule has 1 heterocycles. The maximum Gasteiger partial charge on any atom is 0.508 e. The first-order chi connectivity index (χ1) is 13.9. The first-order valence-corrected chi connectivity index (χ1v) is 8.66. The number of nitrogens with one attached hydrogen (secondary N) is 1. The minimum absolute atomic E-state index is 0.113. The number of allylic oxidation sites excluding steroid dienone is 1. The molecule has 1 aromatic heterocycles. The molecule has 9 heteroatoms. The van der Waals surface area contributed by atoms with E-state index in [1.165, 1.54) is 25.3 Å². The van der Waals surface area contributed by atoms with E-state index in [0.29, 0.717) is 11.1 Å². The molecule has 2 rings (SSSR count). The van der Waals surface area contributed by atoms with Crippen molar-refractivity contribution in [2.75, 3.05) is 27.9 Å². The van der Waals surface area contributed by atoms with E-state index in [9.17, 15) is 18.8 Å². The molecule has 0 radical (unpaired) electrons. The average molecular weight is 407 g/mol. The molecule has 8 nitrogen and oxygen atoms in total. The van der Waals surface area contributed by atoms with Crippen LogP contribution in [0.1, 0.15) is 12.0 Å². The van der Waals surface area contributed by atoms with Gasteiger partial charge in [-0.15, -0.1) is 0 Å². The molecule has 0 aliphatic rings. The van der Waals surface area contributed by atoms with Gasteiger partial charge in [0.05, 0.1) is 21.3 Å². The molecule has 0 amide bonds. The van der Waals surface area contributed by atoms with Gasteiger partial charge >= 0.3 is 18.1 Å². The first kappa shape index (κ1) is 21.9. The van der Waals surface area contributed by atoms with Gasteiger partial charge in [-0.3, -0.25) is 9.59 Å². The van der Waals surface area contributed by atoms with Crippen LogP contribution in [-0.2, 0) is 35.0 Å². The maximum absolute atomic E-state index is 14.4. The summed E-state index contributed by atoms with van der Waals surface area (Å²) in [6, 6.07) is 4.53. The summed E-state index contributed by atoms with van der Waals surface area (Å²) in [4.78, 5) is 39.2. The Morgan fingerprint density at radius 1 is 1.07 bits per heavy atom. The number of halogens is 1. The van der Waals surface area contributed by atoms with Crippen molar-refractivity contribution in [1.29, 1.82) is 0 Å². The lowest BCUT2D eigenvalue weighted by Crippen LogP contribution is -2.43. The number of ether oxygens (including phenoxy) is 4. The second-order valence-corrected chi connectivity index (χ2v) is 6.16. The van der Waals surface area contributed by atoms with Crippen molar-refractivity contribution >= 4 is 29.0 Å². The molecule has 0 bridgehead atoms. The number of fused-ring (bicyclic) bond motifs is 1. The van der Waals surface area contributed by atoms with Gasteiger partial charge in [0.15, 0.2) is 5.41 Å². The number of hydrogen-bond acceptors (Lipinski definition) is 7. The molecule has 0 spiro atoms. The van der Waals surface area contributed by atoms with Crippen LogP contribution in [0.4, 0.5) is 9.18 Å². The zero-order valence-electron chi connectivity index (χ0n) is 16.3. The topological polar surface area (TPSA) is 104 Å². The van der Waals surface area contributed by atoms with Gasteiger partial charge in [-0.1, -0.05) is 18.2 Å². The number of hydrogen-bond donors (Lipinski definition) is 1. The number of esters is 2. The molecule has 0 unspecified atom stereocenters. The van der Waals surface area contributed by atoms with E-state index in [2.05, 4.69) is 9.72 Å². The van der Waals surface area contributed by atoms with Crippen LogP contribution < -0.4 is 0 Å². The van der Waals surface area contributed by atoms with E-state index >= 15 is 0 Å². The second-order valence-electron chi connectivity index (χ2n) is 6.16. The van der Waals surface area contributed by atoms with E-state index in [1.54, 1.807) is 18.3 Å². The largest absolute Gasteiger partial charge is 0.508 e. The summed E-state index contributed by atoms with van der Waals surface area (Å²) in [5.74, 6) is -2.13. The van der Waals surface area contributed by atoms with Crippen molar-refractivity contribution < 1.29 is 37.7 Å². The van der Waals surface area contributed by atoms with Crippen LogP contribution in [0.5, 0.6) is 0 Å².